The normalized spacial score (nSPS) is 29.1. The van der Waals surface area contributed by atoms with E-state index >= 15 is 0 Å². The Bertz CT molecular complexity index is 1550. The molecule has 0 aromatic heterocycles. The Morgan fingerprint density at radius 1 is 1.02 bits per heavy atom. The standard InChI is InChI=1S/C31H30ClNO7/c1-15-11-21(34)24-19(18-10-9-16-7-5-6-8-17(16)12-18)13-20(30(36)39-4)33-28(24)31(15)29(35)25-22(37-2)14-23(38-3)26(32)27(25)40-31/h5-10,12,14-15,19-20,24,28,33H,11,13H2,1-4H3. The van der Waals surface area contributed by atoms with Gasteiger partial charge in [0.25, 0.3) is 0 Å². The molecule has 9 heteroatoms. The molecule has 6 unspecified atom stereocenters. The first-order valence-corrected chi connectivity index (χ1v) is 13.7. The summed E-state index contributed by atoms with van der Waals surface area (Å²) in [5.74, 6) is -1.57. The molecule has 1 N–H and O–H groups in total. The SMILES string of the molecule is COC(=O)C1CC(c2ccc3ccccc3c2)C2C(=O)CC(C)C3(Oc4c(Cl)c(OC)cc(OC)c4C3=O)C2N1. The highest BCUT2D eigenvalue weighted by atomic mass is 35.5. The second-order valence-electron chi connectivity index (χ2n) is 10.8. The summed E-state index contributed by atoms with van der Waals surface area (Å²) in [6.45, 7) is 1.82. The number of nitrogens with one attached hydrogen (secondary N) is 1. The summed E-state index contributed by atoms with van der Waals surface area (Å²) in [6.07, 6.45) is 0.466. The highest BCUT2D eigenvalue weighted by Gasteiger charge is 2.67. The zero-order valence-electron chi connectivity index (χ0n) is 22.7. The molecule has 1 spiro atoms. The van der Waals surface area contributed by atoms with E-state index in [4.69, 9.17) is 30.5 Å². The maximum atomic E-state index is 14.5. The second-order valence-corrected chi connectivity index (χ2v) is 11.2. The summed E-state index contributed by atoms with van der Waals surface area (Å²) >= 11 is 6.66. The number of fused-ring (bicyclic) bond motifs is 4. The van der Waals surface area contributed by atoms with Crippen LogP contribution in [0.5, 0.6) is 17.2 Å². The van der Waals surface area contributed by atoms with E-state index in [1.54, 1.807) is 6.07 Å². The number of piperidine rings is 1. The van der Waals surface area contributed by atoms with Crippen LogP contribution >= 0.6 is 11.6 Å². The number of Topliss-reactive ketones (excluding diaryl/α,β-unsaturated/α-hetero) is 2. The van der Waals surface area contributed by atoms with Crippen LogP contribution in [0.1, 0.15) is 41.6 Å². The van der Waals surface area contributed by atoms with Gasteiger partial charge in [0.05, 0.1) is 27.4 Å². The molecule has 1 saturated carbocycles. The van der Waals surface area contributed by atoms with E-state index in [2.05, 4.69) is 11.4 Å². The molecule has 0 bridgehead atoms. The van der Waals surface area contributed by atoms with Crippen LogP contribution in [0.25, 0.3) is 10.8 Å². The molecule has 6 atom stereocenters. The number of halogens is 1. The first-order valence-electron chi connectivity index (χ1n) is 13.3. The maximum absolute atomic E-state index is 14.5. The van der Waals surface area contributed by atoms with Crippen molar-refractivity contribution in [3.8, 4) is 17.2 Å². The molecule has 1 aliphatic carbocycles. The van der Waals surface area contributed by atoms with Gasteiger partial charge in [-0.1, -0.05) is 61.0 Å². The average molecular weight is 564 g/mol. The molecule has 3 aromatic carbocycles. The highest BCUT2D eigenvalue weighted by Crippen LogP contribution is 2.57. The Morgan fingerprint density at radius 2 is 1.75 bits per heavy atom. The molecule has 6 rings (SSSR count). The van der Waals surface area contributed by atoms with Crippen LogP contribution in [-0.2, 0) is 14.3 Å². The number of ketones is 2. The number of hydrogen-bond donors (Lipinski definition) is 1. The van der Waals surface area contributed by atoms with Crippen LogP contribution in [0, 0.1) is 11.8 Å². The predicted molar refractivity (Wildman–Crippen MR) is 149 cm³/mol. The summed E-state index contributed by atoms with van der Waals surface area (Å²) in [6, 6.07) is 14.0. The number of carbonyl (C=O) groups is 3. The summed E-state index contributed by atoms with van der Waals surface area (Å²) in [7, 11) is 4.25. The number of esters is 1. The van der Waals surface area contributed by atoms with Gasteiger partial charge in [-0.15, -0.1) is 0 Å². The van der Waals surface area contributed by atoms with Gasteiger partial charge in [-0.05, 0) is 28.7 Å². The second kappa shape index (κ2) is 9.78. The molecule has 3 aromatic rings. The van der Waals surface area contributed by atoms with E-state index in [0.717, 1.165) is 16.3 Å². The van der Waals surface area contributed by atoms with Crippen LogP contribution in [0.4, 0.5) is 0 Å². The lowest BCUT2D eigenvalue weighted by Crippen LogP contribution is -2.73. The lowest BCUT2D eigenvalue weighted by atomic mass is 9.58. The summed E-state index contributed by atoms with van der Waals surface area (Å²) in [5, 5.41) is 5.58. The molecular weight excluding hydrogens is 534 g/mol. The van der Waals surface area contributed by atoms with Crippen molar-refractivity contribution in [1.29, 1.82) is 0 Å². The van der Waals surface area contributed by atoms with E-state index in [1.807, 2.05) is 43.3 Å². The van der Waals surface area contributed by atoms with Gasteiger partial charge in [-0.25, -0.2) is 0 Å². The zero-order chi connectivity index (χ0) is 28.3. The average Bonchev–Trinajstić information content (AvgIpc) is 3.29. The Kier molecular flexibility index (Phi) is 6.50. The van der Waals surface area contributed by atoms with E-state index < -0.39 is 35.5 Å². The van der Waals surface area contributed by atoms with Gasteiger partial charge >= 0.3 is 5.97 Å². The Labute approximate surface area is 236 Å². The van der Waals surface area contributed by atoms with Crippen molar-refractivity contribution in [2.45, 2.75) is 43.4 Å². The van der Waals surface area contributed by atoms with Gasteiger partial charge in [0.15, 0.2) is 11.4 Å². The molecule has 40 heavy (non-hydrogen) atoms. The smallest absolute Gasteiger partial charge is 0.322 e. The highest BCUT2D eigenvalue weighted by molar-refractivity contribution is 6.35. The summed E-state index contributed by atoms with van der Waals surface area (Å²) < 4.78 is 22.7. The zero-order valence-corrected chi connectivity index (χ0v) is 23.4. The van der Waals surface area contributed by atoms with Gasteiger partial charge in [0.1, 0.15) is 33.9 Å². The van der Waals surface area contributed by atoms with E-state index in [1.165, 1.54) is 21.3 Å². The molecule has 0 radical (unpaired) electrons. The molecular formula is C31H30ClNO7. The first-order chi connectivity index (χ1) is 19.2. The fourth-order valence-electron chi connectivity index (χ4n) is 6.95. The molecule has 0 amide bonds. The van der Waals surface area contributed by atoms with E-state index in [0.29, 0.717) is 12.2 Å². The number of methoxy groups -OCH3 is 3. The van der Waals surface area contributed by atoms with Gasteiger partial charge in [-0.2, -0.15) is 0 Å². The molecule has 2 fully saturated rings. The minimum atomic E-state index is -1.51. The lowest BCUT2D eigenvalue weighted by Gasteiger charge is -2.53. The molecule has 2 heterocycles. The van der Waals surface area contributed by atoms with Crippen LogP contribution in [0.2, 0.25) is 5.02 Å². The maximum Gasteiger partial charge on any atom is 0.322 e. The molecule has 2 aliphatic heterocycles. The van der Waals surface area contributed by atoms with Gasteiger partial charge < -0.3 is 18.9 Å². The quantitative estimate of drug-likeness (QED) is 0.455. The number of benzene rings is 3. The van der Waals surface area contributed by atoms with Crippen LogP contribution in [0.15, 0.2) is 48.5 Å². The Hall–Kier alpha value is -3.62. The largest absolute Gasteiger partial charge is 0.496 e. The monoisotopic (exact) mass is 563 g/mol. The third-order valence-electron chi connectivity index (χ3n) is 8.87. The van der Waals surface area contributed by atoms with Crippen molar-refractivity contribution in [1.82, 2.24) is 5.32 Å². The molecule has 8 nitrogen and oxygen atoms in total. The van der Waals surface area contributed by atoms with Crippen LogP contribution in [0.3, 0.4) is 0 Å². The Morgan fingerprint density at radius 3 is 2.45 bits per heavy atom. The van der Waals surface area contributed by atoms with Crippen molar-refractivity contribution in [3.05, 3.63) is 64.7 Å². The third kappa shape index (κ3) is 3.73. The fraction of sp³-hybridized carbons (Fsp3) is 0.387. The van der Waals surface area contributed by atoms with Crippen molar-refractivity contribution in [2.24, 2.45) is 11.8 Å². The minimum Gasteiger partial charge on any atom is -0.496 e. The summed E-state index contributed by atoms with van der Waals surface area (Å²) in [5.41, 5.74) is -0.383. The van der Waals surface area contributed by atoms with Crippen molar-refractivity contribution >= 4 is 39.9 Å². The third-order valence-corrected chi connectivity index (χ3v) is 9.23. The van der Waals surface area contributed by atoms with E-state index in [-0.39, 0.29) is 46.0 Å². The predicted octanol–water partition coefficient (Wildman–Crippen LogP) is 4.74. The van der Waals surface area contributed by atoms with Crippen molar-refractivity contribution < 1.29 is 33.3 Å². The minimum absolute atomic E-state index is 0.0140. The fourth-order valence-corrected chi connectivity index (χ4v) is 7.22. The van der Waals surface area contributed by atoms with Crippen LogP contribution < -0.4 is 19.5 Å². The number of rotatable bonds is 4. The van der Waals surface area contributed by atoms with Crippen molar-refractivity contribution in [2.75, 3.05) is 21.3 Å². The van der Waals surface area contributed by atoms with Crippen LogP contribution in [-0.4, -0.2) is 56.5 Å². The topological polar surface area (TPSA) is 100 Å². The van der Waals surface area contributed by atoms with Crippen molar-refractivity contribution in [3.63, 3.8) is 0 Å². The number of carbonyl (C=O) groups excluding carboxylic acids is 3. The van der Waals surface area contributed by atoms with E-state index in [9.17, 15) is 14.4 Å². The summed E-state index contributed by atoms with van der Waals surface area (Å²) in [4.78, 5) is 41.3. The molecule has 3 aliphatic rings. The van der Waals surface area contributed by atoms with Gasteiger partial charge in [-0.3, -0.25) is 19.7 Å². The first kappa shape index (κ1) is 26.6. The number of ether oxygens (including phenoxy) is 4. The number of hydrogen-bond acceptors (Lipinski definition) is 8. The molecule has 208 valence electrons. The molecule has 1 saturated heterocycles. The van der Waals surface area contributed by atoms with Gasteiger partial charge in [0.2, 0.25) is 5.78 Å². The Balaban J connectivity index is 1.52. The lowest BCUT2D eigenvalue weighted by molar-refractivity contribution is -0.151. The van der Waals surface area contributed by atoms with Gasteiger partial charge in [0, 0.05) is 24.3 Å².